The molecular weight excluding hydrogens is 228 g/mol. The van der Waals surface area contributed by atoms with E-state index in [-0.39, 0.29) is 11.3 Å². The van der Waals surface area contributed by atoms with Crippen LogP contribution in [0.1, 0.15) is 59.3 Å². The van der Waals surface area contributed by atoms with Gasteiger partial charge in [0.1, 0.15) is 0 Å². The van der Waals surface area contributed by atoms with Gasteiger partial charge in [-0.2, -0.15) is 0 Å². The number of amides is 1. The second-order valence-corrected chi connectivity index (χ2v) is 6.18. The summed E-state index contributed by atoms with van der Waals surface area (Å²) in [5, 5.41) is 12.5. The van der Waals surface area contributed by atoms with Crippen LogP contribution >= 0.6 is 0 Å². The van der Waals surface area contributed by atoms with Crippen molar-refractivity contribution in [1.29, 1.82) is 0 Å². The van der Waals surface area contributed by atoms with Gasteiger partial charge in [0.25, 0.3) is 0 Å². The summed E-state index contributed by atoms with van der Waals surface area (Å²) in [6, 6.07) is 0. The summed E-state index contributed by atoms with van der Waals surface area (Å²) in [7, 11) is 0. The van der Waals surface area contributed by atoms with Crippen molar-refractivity contribution < 1.29 is 9.90 Å². The Morgan fingerprint density at radius 3 is 2.39 bits per heavy atom. The first-order valence-electron chi connectivity index (χ1n) is 7.00. The lowest BCUT2D eigenvalue weighted by Crippen LogP contribution is -2.34. The van der Waals surface area contributed by atoms with E-state index in [0.717, 1.165) is 32.2 Å². The number of carbonyl (C=O) groups is 1. The molecule has 108 valence electrons. The van der Waals surface area contributed by atoms with Gasteiger partial charge in [-0.15, -0.1) is 0 Å². The van der Waals surface area contributed by atoms with Crippen LogP contribution in [0, 0.1) is 5.41 Å². The lowest BCUT2D eigenvalue weighted by Gasteiger charge is -2.22. The fraction of sp³-hybridized carbons (Fsp3) is 0.929. The minimum atomic E-state index is -0.453. The van der Waals surface area contributed by atoms with E-state index in [1.165, 1.54) is 0 Å². The summed E-state index contributed by atoms with van der Waals surface area (Å²) >= 11 is 0. The second kappa shape index (κ2) is 9.34. The third-order valence-electron chi connectivity index (χ3n) is 2.74. The van der Waals surface area contributed by atoms with Crippen LogP contribution in [0.2, 0.25) is 0 Å². The Hall–Kier alpha value is -0.610. The Balaban J connectivity index is 3.52. The van der Waals surface area contributed by atoms with Crippen molar-refractivity contribution in [3.8, 4) is 0 Å². The van der Waals surface area contributed by atoms with E-state index in [2.05, 4.69) is 26.1 Å². The van der Waals surface area contributed by atoms with Gasteiger partial charge >= 0.3 is 0 Å². The van der Waals surface area contributed by atoms with Crippen molar-refractivity contribution in [2.75, 3.05) is 13.1 Å². The van der Waals surface area contributed by atoms with Gasteiger partial charge in [0, 0.05) is 13.0 Å². The minimum Gasteiger partial charge on any atom is -0.391 e. The number of nitrogens with two attached hydrogens (primary N) is 1. The van der Waals surface area contributed by atoms with Gasteiger partial charge in [0.05, 0.1) is 6.10 Å². The van der Waals surface area contributed by atoms with Crippen LogP contribution in [0.4, 0.5) is 0 Å². The Morgan fingerprint density at radius 2 is 1.83 bits per heavy atom. The maximum Gasteiger partial charge on any atom is 0.220 e. The van der Waals surface area contributed by atoms with Gasteiger partial charge in [-0.25, -0.2) is 0 Å². The van der Waals surface area contributed by atoms with Gasteiger partial charge in [0.2, 0.25) is 5.91 Å². The van der Waals surface area contributed by atoms with E-state index in [1.54, 1.807) is 0 Å². The quantitative estimate of drug-likeness (QED) is 0.552. The first-order chi connectivity index (χ1) is 8.35. The number of hydrogen-bond donors (Lipinski definition) is 3. The summed E-state index contributed by atoms with van der Waals surface area (Å²) in [6.45, 7) is 7.32. The minimum absolute atomic E-state index is 0.0377. The van der Waals surface area contributed by atoms with E-state index in [9.17, 15) is 9.90 Å². The zero-order valence-corrected chi connectivity index (χ0v) is 12.2. The average molecular weight is 258 g/mol. The first kappa shape index (κ1) is 17.4. The molecule has 1 atom stereocenters. The van der Waals surface area contributed by atoms with Gasteiger partial charge in [-0.1, -0.05) is 33.6 Å². The fourth-order valence-corrected chi connectivity index (χ4v) is 1.88. The topological polar surface area (TPSA) is 75.3 Å². The summed E-state index contributed by atoms with van der Waals surface area (Å²) in [5.74, 6) is 0.0377. The highest BCUT2D eigenvalue weighted by molar-refractivity contribution is 5.75. The molecule has 0 aromatic rings. The number of rotatable bonds is 9. The Labute approximate surface area is 111 Å². The molecule has 0 aliphatic heterocycles. The van der Waals surface area contributed by atoms with Crippen molar-refractivity contribution in [2.24, 2.45) is 11.1 Å². The van der Waals surface area contributed by atoms with Crippen LogP contribution in [-0.4, -0.2) is 30.2 Å². The highest BCUT2D eigenvalue weighted by atomic mass is 16.3. The van der Waals surface area contributed by atoms with E-state index in [4.69, 9.17) is 5.73 Å². The van der Waals surface area contributed by atoms with E-state index < -0.39 is 6.10 Å². The first-order valence-corrected chi connectivity index (χ1v) is 7.00. The van der Waals surface area contributed by atoms with Crippen molar-refractivity contribution in [1.82, 2.24) is 5.32 Å². The van der Waals surface area contributed by atoms with Crippen LogP contribution < -0.4 is 11.1 Å². The number of nitrogens with one attached hydrogen (secondary N) is 1. The summed E-state index contributed by atoms with van der Waals surface area (Å²) in [4.78, 5) is 11.5. The highest BCUT2D eigenvalue weighted by Crippen LogP contribution is 2.20. The molecule has 1 amide bonds. The van der Waals surface area contributed by atoms with E-state index in [0.29, 0.717) is 19.4 Å². The molecule has 0 rings (SSSR count). The predicted octanol–water partition coefficient (Wildman–Crippen LogP) is 1.81. The van der Waals surface area contributed by atoms with E-state index >= 15 is 0 Å². The third kappa shape index (κ3) is 11.9. The molecule has 0 aliphatic rings. The van der Waals surface area contributed by atoms with Crippen LogP contribution in [0.5, 0.6) is 0 Å². The van der Waals surface area contributed by atoms with Gasteiger partial charge in [-0.05, 0) is 31.2 Å². The molecule has 0 aliphatic carbocycles. The summed E-state index contributed by atoms with van der Waals surface area (Å²) in [6.07, 6.45) is 4.88. The Bertz CT molecular complexity index is 224. The number of aliphatic hydroxyl groups excluding tert-OH is 1. The zero-order valence-electron chi connectivity index (χ0n) is 12.2. The summed E-state index contributed by atoms with van der Waals surface area (Å²) < 4.78 is 0. The van der Waals surface area contributed by atoms with Gasteiger partial charge in [-0.3, -0.25) is 4.79 Å². The standard InChI is InChI=1S/C14H30N2O2/c1-14(2,3)10-12(17)11-16-13(18)8-6-4-5-7-9-15/h12,17H,4-11,15H2,1-3H3,(H,16,18). The van der Waals surface area contributed by atoms with Crippen LogP contribution in [0.15, 0.2) is 0 Å². The van der Waals surface area contributed by atoms with Gasteiger partial charge in [0.15, 0.2) is 0 Å². The Kier molecular flexibility index (Phi) is 9.02. The van der Waals surface area contributed by atoms with Crippen molar-refractivity contribution in [3.05, 3.63) is 0 Å². The molecule has 0 radical (unpaired) electrons. The summed E-state index contributed by atoms with van der Waals surface area (Å²) in [5.41, 5.74) is 5.48. The molecule has 4 nitrogen and oxygen atoms in total. The molecule has 18 heavy (non-hydrogen) atoms. The molecule has 0 fully saturated rings. The average Bonchev–Trinajstić information content (AvgIpc) is 2.24. The molecular formula is C14H30N2O2. The lowest BCUT2D eigenvalue weighted by molar-refractivity contribution is -0.121. The maximum absolute atomic E-state index is 11.5. The fourth-order valence-electron chi connectivity index (χ4n) is 1.88. The highest BCUT2D eigenvalue weighted by Gasteiger charge is 2.16. The lowest BCUT2D eigenvalue weighted by atomic mass is 9.89. The van der Waals surface area contributed by atoms with Crippen LogP contribution in [-0.2, 0) is 4.79 Å². The number of carbonyl (C=O) groups excluding carboxylic acids is 1. The molecule has 0 aromatic heterocycles. The van der Waals surface area contributed by atoms with Gasteiger partial charge < -0.3 is 16.2 Å². The van der Waals surface area contributed by atoms with Crippen molar-refractivity contribution >= 4 is 5.91 Å². The maximum atomic E-state index is 11.5. The Morgan fingerprint density at radius 1 is 1.22 bits per heavy atom. The molecule has 1 unspecified atom stereocenters. The predicted molar refractivity (Wildman–Crippen MR) is 75.2 cm³/mol. The number of aliphatic hydroxyl groups is 1. The molecule has 4 N–H and O–H groups in total. The zero-order chi connectivity index (χ0) is 14.0. The molecule has 0 aromatic carbocycles. The SMILES string of the molecule is CC(C)(C)CC(O)CNC(=O)CCCCCCN. The number of hydrogen-bond acceptors (Lipinski definition) is 3. The van der Waals surface area contributed by atoms with Crippen LogP contribution in [0.3, 0.4) is 0 Å². The smallest absolute Gasteiger partial charge is 0.220 e. The molecule has 0 heterocycles. The second-order valence-electron chi connectivity index (χ2n) is 6.18. The van der Waals surface area contributed by atoms with Crippen molar-refractivity contribution in [3.63, 3.8) is 0 Å². The monoisotopic (exact) mass is 258 g/mol. The van der Waals surface area contributed by atoms with Crippen molar-refractivity contribution in [2.45, 2.75) is 65.4 Å². The number of unbranched alkanes of at least 4 members (excludes halogenated alkanes) is 3. The molecule has 0 saturated heterocycles. The third-order valence-corrected chi connectivity index (χ3v) is 2.74. The molecule has 4 heteroatoms. The molecule has 0 saturated carbocycles. The normalized spacial score (nSPS) is 13.4. The van der Waals surface area contributed by atoms with E-state index in [1.807, 2.05) is 0 Å². The largest absolute Gasteiger partial charge is 0.391 e. The molecule has 0 spiro atoms. The van der Waals surface area contributed by atoms with Crippen LogP contribution in [0.25, 0.3) is 0 Å². The molecule has 0 bridgehead atoms.